The first-order chi connectivity index (χ1) is 11.1. The Morgan fingerprint density at radius 1 is 1.22 bits per heavy atom. The van der Waals surface area contributed by atoms with Crippen molar-refractivity contribution >= 4 is 5.91 Å². The van der Waals surface area contributed by atoms with Gasteiger partial charge in [0.2, 0.25) is 5.91 Å². The molecule has 1 amide bonds. The summed E-state index contributed by atoms with van der Waals surface area (Å²) in [5.74, 6) is 0.189. The number of benzene rings is 1. The van der Waals surface area contributed by atoms with E-state index >= 15 is 0 Å². The minimum atomic E-state index is -0.455. The van der Waals surface area contributed by atoms with E-state index in [0.29, 0.717) is 19.5 Å². The van der Waals surface area contributed by atoms with Gasteiger partial charge in [-0.05, 0) is 42.2 Å². The third kappa shape index (κ3) is 3.77. The molecule has 2 aromatic rings. The van der Waals surface area contributed by atoms with Crippen LogP contribution in [0.5, 0.6) is 0 Å². The van der Waals surface area contributed by atoms with Crippen LogP contribution in [0.15, 0.2) is 48.8 Å². The first-order valence-electron chi connectivity index (χ1n) is 8.02. The summed E-state index contributed by atoms with van der Waals surface area (Å²) in [7, 11) is 0. The van der Waals surface area contributed by atoms with Gasteiger partial charge in [-0.1, -0.05) is 24.3 Å². The molecule has 1 N–H and O–H groups in total. The van der Waals surface area contributed by atoms with E-state index in [1.165, 1.54) is 0 Å². The molecule has 1 saturated heterocycles. The Balaban J connectivity index is 1.62. The largest absolute Gasteiger partial charge is 0.391 e. The molecule has 120 valence electrons. The predicted molar refractivity (Wildman–Crippen MR) is 88.9 cm³/mol. The van der Waals surface area contributed by atoms with Crippen LogP contribution in [0.4, 0.5) is 0 Å². The molecular weight excluding hydrogens is 288 g/mol. The molecule has 0 saturated carbocycles. The van der Waals surface area contributed by atoms with Gasteiger partial charge >= 0.3 is 0 Å². The summed E-state index contributed by atoms with van der Waals surface area (Å²) in [6, 6.07) is 11.9. The van der Waals surface area contributed by atoms with Crippen LogP contribution >= 0.6 is 0 Å². The zero-order valence-electron chi connectivity index (χ0n) is 13.4. The van der Waals surface area contributed by atoms with Gasteiger partial charge in [0.15, 0.2) is 0 Å². The summed E-state index contributed by atoms with van der Waals surface area (Å²) < 4.78 is 0. The number of hydrogen-bond donors (Lipinski definition) is 1. The summed E-state index contributed by atoms with van der Waals surface area (Å²) in [4.78, 5) is 18.3. The molecule has 4 nitrogen and oxygen atoms in total. The van der Waals surface area contributed by atoms with Crippen molar-refractivity contribution in [2.45, 2.75) is 25.9 Å². The number of carbonyl (C=O) groups is 1. The molecule has 1 aliphatic heterocycles. The zero-order valence-corrected chi connectivity index (χ0v) is 13.4. The second-order valence-corrected chi connectivity index (χ2v) is 6.29. The first kappa shape index (κ1) is 15.7. The van der Waals surface area contributed by atoms with Gasteiger partial charge in [-0.25, -0.2) is 0 Å². The van der Waals surface area contributed by atoms with Crippen LogP contribution in [0.25, 0.3) is 0 Å². The lowest BCUT2D eigenvalue weighted by Crippen LogP contribution is -2.31. The van der Waals surface area contributed by atoms with Gasteiger partial charge < -0.3 is 10.0 Å². The summed E-state index contributed by atoms with van der Waals surface area (Å²) in [5, 5.41) is 10.3. The van der Waals surface area contributed by atoms with Crippen LogP contribution in [0, 0.1) is 12.8 Å². The van der Waals surface area contributed by atoms with Crippen molar-refractivity contribution < 1.29 is 9.90 Å². The van der Waals surface area contributed by atoms with Crippen molar-refractivity contribution in [1.29, 1.82) is 0 Å². The Labute approximate surface area is 136 Å². The number of pyridine rings is 1. The third-order valence-corrected chi connectivity index (χ3v) is 4.61. The fourth-order valence-electron chi connectivity index (χ4n) is 3.16. The number of amides is 1. The van der Waals surface area contributed by atoms with Gasteiger partial charge in [0.25, 0.3) is 0 Å². The molecule has 1 aliphatic rings. The second kappa shape index (κ2) is 6.92. The number of aliphatic hydroxyl groups is 1. The summed E-state index contributed by atoms with van der Waals surface area (Å²) in [5.41, 5.74) is 3.34. The highest BCUT2D eigenvalue weighted by Gasteiger charge is 2.33. The fraction of sp³-hybridized carbons (Fsp3) is 0.368. The van der Waals surface area contributed by atoms with Gasteiger partial charge in [0.05, 0.1) is 12.5 Å². The number of β-amino-alcohol motifs (C(OH)–C–C–N with tert-alkyl or cyclic N) is 1. The smallest absolute Gasteiger partial charge is 0.227 e. The maximum atomic E-state index is 12.5. The van der Waals surface area contributed by atoms with Crippen molar-refractivity contribution in [1.82, 2.24) is 9.88 Å². The Hall–Kier alpha value is -2.20. The van der Waals surface area contributed by atoms with Gasteiger partial charge in [-0.3, -0.25) is 9.78 Å². The van der Waals surface area contributed by atoms with Crippen molar-refractivity contribution in [3.05, 3.63) is 65.5 Å². The highest BCUT2D eigenvalue weighted by molar-refractivity contribution is 5.79. The minimum Gasteiger partial charge on any atom is -0.391 e. The van der Waals surface area contributed by atoms with Gasteiger partial charge in [-0.2, -0.15) is 0 Å². The molecule has 1 aromatic heterocycles. The molecular formula is C19H22N2O2. The van der Waals surface area contributed by atoms with Crippen molar-refractivity contribution in [2.24, 2.45) is 5.92 Å². The van der Waals surface area contributed by atoms with Gasteiger partial charge in [-0.15, -0.1) is 0 Å². The number of rotatable bonds is 4. The van der Waals surface area contributed by atoms with E-state index < -0.39 is 6.10 Å². The number of nitrogens with zero attached hydrogens (tertiary/aromatic N) is 2. The lowest BCUT2D eigenvalue weighted by atomic mass is 9.97. The number of carbonyl (C=O) groups excluding carboxylic acids is 1. The molecule has 0 aliphatic carbocycles. The Bertz CT molecular complexity index is 672. The van der Waals surface area contributed by atoms with Crippen LogP contribution in [-0.2, 0) is 17.6 Å². The molecule has 4 heteroatoms. The van der Waals surface area contributed by atoms with E-state index in [0.717, 1.165) is 23.1 Å². The van der Waals surface area contributed by atoms with Crippen LogP contribution in [0.1, 0.15) is 16.7 Å². The molecule has 2 atom stereocenters. The predicted octanol–water partition coefficient (Wildman–Crippen LogP) is 1.99. The van der Waals surface area contributed by atoms with E-state index in [2.05, 4.69) is 4.98 Å². The summed E-state index contributed by atoms with van der Waals surface area (Å²) in [6.45, 7) is 3.07. The van der Waals surface area contributed by atoms with E-state index in [1.54, 1.807) is 17.3 Å². The van der Waals surface area contributed by atoms with Crippen LogP contribution in [0.2, 0.25) is 0 Å². The van der Waals surface area contributed by atoms with Gasteiger partial charge in [0, 0.05) is 31.4 Å². The van der Waals surface area contributed by atoms with Crippen molar-refractivity contribution in [2.75, 3.05) is 13.1 Å². The van der Waals surface area contributed by atoms with Crippen molar-refractivity contribution in [3.63, 3.8) is 0 Å². The van der Waals surface area contributed by atoms with Crippen LogP contribution in [-0.4, -0.2) is 40.1 Å². The summed E-state index contributed by atoms with van der Waals surface area (Å²) >= 11 is 0. The second-order valence-electron chi connectivity index (χ2n) is 6.29. The normalized spacial score (nSPS) is 20.7. The molecule has 23 heavy (non-hydrogen) atoms. The molecule has 1 fully saturated rings. The van der Waals surface area contributed by atoms with Crippen molar-refractivity contribution in [3.8, 4) is 0 Å². The monoisotopic (exact) mass is 310 g/mol. The maximum absolute atomic E-state index is 12.5. The lowest BCUT2D eigenvalue weighted by molar-refractivity contribution is -0.129. The maximum Gasteiger partial charge on any atom is 0.227 e. The fourth-order valence-corrected chi connectivity index (χ4v) is 3.16. The number of aromatic nitrogens is 1. The Morgan fingerprint density at radius 3 is 2.70 bits per heavy atom. The molecule has 1 aromatic carbocycles. The molecule has 0 radical (unpaired) electrons. The average Bonchev–Trinajstić information content (AvgIpc) is 2.92. The summed E-state index contributed by atoms with van der Waals surface area (Å²) in [6.07, 6.45) is 4.25. The lowest BCUT2D eigenvalue weighted by Gasteiger charge is -2.17. The van der Waals surface area contributed by atoms with Crippen LogP contribution < -0.4 is 0 Å². The average molecular weight is 310 g/mol. The topological polar surface area (TPSA) is 53.4 Å². The quantitative estimate of drug-likeness (QED) is 0.939. The molecule has 0 unspecified atom stereocenters. The number of aliphatic hydroxyl groups excluding tert-OH is 1. The van der Waals surface area contributed by atoms with E-state index in [9.17, 15) is 9.90 Å². The number of aryl methyl sites for hydroxylation is 1. The zero-order chi connectivity index (χ0) is 16.2. The highest BCUT2D eigenvalue weighted by atomic mass is 16.3. The molecule has 2 heterocycles. The minimum absolute atomic E-state index is 0.0931. The van der Waals surface area contributed by atoms with E-state index in [1.807, 2.05) is 43.3 Å². The van der Waals surface area contributed by atoms with E-state index in [4.69, 9.17) is 0 Å². The molecule has 3 rings (SSSR count). The van der Waals surface area contributed by atoms with Gasteiger partial charge in [0.1, 0.15) is 0 Å². The molecule has 0 bridgehead atoms. The molecule has 0 spiro atoms. The standard InChI is InChI=1S/C19H22N2O2/c1-14-4-2-3-5-16(14)11-19(23)21-12-17(18(22)13-21)10-15-6-8-20-9-7-15/h2-9,17-18,22H,10-13H2,1H3/t17-,18+/m1/s1. The van der Waals surface area contributed by atoms with Crippen LogP contribution in [0.3, 0.4) is 0 Å². The SMILES string of the molecule is Cc1ccccc1CC(=O)N1C[C@@H](Cc2ccncc2)[C@@H](O)C1. The number of likely N-dealkylation sites (tertiary alicyclic amines) is 1. The Kier molecular flexibility index (Phi) is 4.72. The third-order valence-electron chi connectivity index (χ3n) is 4.61. The number of hydrogen-bond acceptors (Lipinski definition) is 3. The highest BCUT2D eigenvalue weighted by Crippen LogP contribution is 2.22. The Morgan fingerprint density at radius 2 is 1.96 bits per heavy atom. The first-order valence-corrected chi connectivity index (χ1v) is 8.02. The van der Waals surface area contributed by atoms with E-state index in [-0.39, 0.29) is 11.8 Å².